The number of aromatic nitrogens is 1. The van der Waals surface area contributed by atoms with E-state index in [0.717, 1.165) is 22.5 Å². The number of para-hydroxylation sites is 1. The van der Waals surface area contributed by atoms with Crippen LogP contribution in [0.2, 0.25) is 0 Å². The summed E-state index contributed by atoms with van der Waals surface area (Å²) in [5.41, 5.74) is 7.00. The number of amides is 1. The highest BCUT2D eigenvalue weighted by atomic mass is 16.2. The number of hydrogen-bond donors (Lipinski definition) is 3. The predicted octanol–water partition coefficient (Wildman–Crippen LogP) is 1.33. The molecule has 0 bridgehead atoms. The summed E-state index contributed by atoms with van der Waals surface area (Å²) < 4.78 is 2.14. The molecule has 0 radical (unpaired) electrons. The van der Waals surface area contributed by atoms with Gasteiger partial charge in [0.1, 0.15) is 0 Å². The molecule has 23 heavy (non-hydrogen) atoms. The van der Waals surface area contributed by atoms with Crippen LogP contribution in [0.3, 0.4) is 0 Å². The van der Waals surface area contributed by atoms with Crippen LogP contribution in [0.25, 0.3) is 16.6 Å². The van der Waals surface area contributed by atoms with E-state index < -0.39 is 0 Å². The Morgan fingerprint density at radius 2 is 2.04 bits per heavy atom. The van der Waals surface area contributed by atoms with Gasteiger partial charge in [-0.15, -0.1) is 0 Å². The van der Waals surface area contributed by atoms with E-state index >= 15 is 0 Å². The zero-order valence-corrected chi connectivity index (χ0v) is 13.6. The molecule has 1 amide bonds. The minimum atomic E-state index is -0.210. The molecule has 1 unspecified atom stereocenters. The standard InChI is InChI=1S/C17H21N5O/c1-10(2)14-15(20-17-18-9-19-22(17)16(14)23)13-8-11-6-4-5-7-12(11)21(13)3/h4-8,10,17-20H,9H2,1-3H3. The molecule has 6 heteroatoms. The lowest BCUT2D eigenvalue weighted by atomic mass is 9.96. The van der Waals surface area contributed by atoms with Crippen molar-refractivity contribution in [3.63, 3.8) is 0 Å². The molecule has 0 saturated carbocycles. The molecule has 0 spiro atoms. The van der Waals surface area contributed by atoms with Crippen molar-refractivity contribution in [2.45, 2.75) is 20.1 Å². The van der Waals surface area contributed by atoms with Crippen LogP contribution in [0, 0.1) is 5.92 Å². The highest BCUT2D eigenvalue weighted by molar-refractivity contribution is 6.03. The van der Waals surface area contributed by atoms with E-state index in [2.05, 4.69) is 52.7 Å². The van der Waals surface area contributed by atoms with Crippen LogP contribution in [-0.4, -0.2) is 28.4 Å². The molecular weight excluding hydrogens is 290 g/mol. The third kappa shape index (κ3) is 2.06. The number of benzene rings is 1. The lowest BCUT2D eigenvalue weighted by molar-refractivity contribution is -0.132. The molecule has 4 rings (SSSR count). The zero-order valence-electron chi connectivity index (χ0n) is 13.6. The number of nitrogens with zero attached hydrogens (tertiary/aromatic N) is 2. The second-order valence-corrected chi connectivity index (χ2v) is 6.35. The van der Waals surface area contributed by atoms with Crippen molar-refractivity contribution in [2.24, 2.45) is 13.0 Å². The maximum Gasteiger partial charge on any atom is 0.269 e. The van der Waals surface area contributed by atoms with Crippen LogP contribution in [-0.2, 0) is 11.8 Å². The van der Waals surface area contributed by atoms with Crippen LogP contribution in [0.5, 0.6) is 0 Å². The molecule has 1 aromatic heterocycles. The highest BCUT2D eigenvalue weighted by Crippen LogP contribution is 2.31. The molecule has 3 heterocycles. The van der Waals surface area contributed by atoms with Crippen LogP contribution >= 0.6 is 0 Å². The second kappa shape index (κ2) is 5.11. The summed E-state index contributed by atoms with van der Waals surface area (Å²) in [5.74, 6) is 0.167. The summed E-state index contributed by atoms with van der Waals surface area (Å²) in [5, 5.41) is 9.54. The number of hydrogen-bond acceptors (Lipinski definition) is 4. The minimum absolute atomic E-state index is 0.0361. The number of hydrazine groups is 1. The van der Waals surface area contributed by atoms with Gasteiger partial charge in [0.2, 0.25) is 0 Å². The van der Waals surface area contributed by atoms with E-state index in [-0.39, 0.29) is 18.1 Å². The molecule has 1 fully saturated rings. The fourth-order valence-corrected chi connectivity index (χ4v) is 3.44. The van der Waals surface area contributed by atoms with E-state index in [1.54, 1.807) is 5.01 Å². The molecule has 2 aliphatic rings. The Morgan fingerprint density at radius 1 is 1.26 bits per heavy atom. The second-order valence-electron chi connectivity index (χ2n) is 6.35. The van der Waals surface area contributed by atoms with Gasteiger partial charge in [0.05, 0.1) is 18.1 Å². The zero-order chi connectivity index (χ0) is 16.1. The first-order valence-corrected chi connectivity index (χ1v) is 7.94. The number of nitrogens with one attached hydrogen (secondary N) is 3. The van der Waals surface area contributed by atoms with Crippen molar-refractivity contribution in [2.75, 3.05) is 6.67 Å². The van der Waals surface area contributed by atoms with E-state index in [4.69, 9.17) is 0 Å². The molecule has 3 N–H and O–H groups in total. The first-order chi connectivity index (χ1) is 11.1. The fraction of sp³-hybridized carbons (Fsp3) is 0.353. The Morgan fingerprint density at radius 3 is 2.78 bits per heavy atom. The van der Waals surface area contributed by atoms with Crippen molar-refractivity contribution in [1.82, 2.24) is 25.6 Å². The first kappa shape index (κ1) is 14.3. The maximum absolute atomic E-state index is 12.9. The number of carbonyl (C=O) groups is 1. The van der Waals surface area contributed by atoms with Crippen LogP contribution < -0.4 is 16.1 Å². The van der Waals surface area contributed by atoms with Crippen molar-refractivity contribution in [3.05, 3.63) is 41.6 Å². The molecule has 1 aromatic carbocycles. The summed E-state index contributed by atoms with van der Waals surface area (Å²) >= 11 is 0. The van der Waals surface area contributed by atoms with Crippen molar-refractivity contribution >= 4 is 22.5 Å². The number of aryl methyl sites for hydroxylation is 1. The van der Waals surface area contributed by atoms with Crippen molar-refractivity contribution in [1.29, 1.82) is 0 Å². The van der Waals surface area contributed by atoms with Gasteiger partial charge < -0.3 is 9.88 Å². The molecule has 6 nitrogen and oxygen atoms in total. The topological polar surface area (TPSA) is 61.3 Å². The van der Waals surface area contributed by atoms with Gasteiger partial charge >= 0.3 is 0 Å². The Hall–Kier alpha value is -2.31. The van der Waals surface area contributed by atoms with Gasteiger partial charge in [-0.3, -0.25) is 10.1 Å². The van der Waals surface area contributed by atoms with Crippen LogP contribution in [0.1, 0.15) is 19.5 Å². The molecule has 2 aromatic rings. The summed E-state index contributed by atoms with van der Waals surface area (Å²) in [6, 6.07) is 10.4. The number of fused-ring (bicyclic) bond motifs is 2. The maximum atomic E-state index is 12.9. The Balaban J connectivity index is 1.92. The van der Waals surface area contributed by atoms with Gasteiger partial charge in [-0.1, -0.05) is 32.0 Å². The van der Waals surface area contributed by atoms with E-state index in [1.165, 1.54) is 5.39 Å². The first-order valence-electron chi connectivity index (χ1n) is 7.94. The van der Waals surface area contributed by atoms with Gasteiger partial charge in [0.25, 0.3) is 5.91 Å². The van der Waals surface area contributed by atoms with E-state index in [1.807, 2.05) is 19.2 Å². The third-order valence-corrected chi connectivity index (χ3v) is 4.59. The highest BCUT2D eigenvalue weighted by Gasteiger charge is 2.38. The average Bonchev–Trinajstić information content (AvgIpc) is 3.12. The normalized spacial score (nSPS) is 21.3. The minimum Gasteiger partial charge on any atom is -0.350 e. The SMILES string of the molecule is CC(C)C1=C(c2cc3ccccc3n2C)NC2NCNN2C1=O. The fourth-order valence-electron chi connectivity index (χ4n) is 3.44. The summed E-state index contributed by atoms with van der Waals surface area (Å²) in [6.45, 7) is 4.69. The molecule has 120 valence electrons. The average molecular weight is 311 g/mol. The molecule has 1 saturated heterocycles. The Labute approximate surface area is 135 Å². The monoisotopic (exact) mass is 311 g/mol. The summed E-state index contributed by atoms with van der Waals surface area (Å²) in [6.07, 6.45) is -0.210. The number of carbonyl (C=O) groups excluding carboxylic acids is 1. The molecule has 2 aliphatic heterocycles. The Kier molecular flexibility index (Phi) is 3.18. The summed E-state index contributed by atoms with van der Waals surface area (Å²) in [7, 11) is 2.04. The van der Waals surface area contributed by atoms with Crippen LogP contribution in [0.4, 0.5) is 0 Å². The van der Waals surface area contributed by atoms with Gasteiger partial charge in [0, 0.05) is 23.5 Å². The van der Waals surface area contributed by atoms with Gasteiger partial charge in [0.15, 0.2) is 6.29 Å². The largest absolute Gasteiger partial charge is 0.350 e. The van der Waals surface area contributed by atoms with Gasteiger partial charge in [-0.25, -0.2) is 10.4 Å². The third-order valence-electron chi connectivity index (χ3n) is 4.59. The van der Waals surface area contributed by atoms with Crippen LogP contribution in [0.15, 0.2) is 35.9 Å². The smallest absolute Gasteiger partial charge is 0.269 e. The van der Waals surface area contributed by atoms with E-state index in [0.29, 0.717) is 6.67 Å². The molecule has 1 atom stereocenters. The quantitative estimate of drug-likeness (QED) is 0.783. The predicted molar refractivity (Wildman–Crippen MR) is 89.6 cm³/mol. The van der Waals surface area contributed by atoms with Crippen molar-refractivity contribution < 1.29 is 4.79 Å². The lowest BCUT2D eigenvalue weighted by Crippen LogP contribution is -2.56. The van der Waals surface area contributed by atoms with Crippen molar-refractivity contribution in [3.8, 4) is 0 Å². The number of rotatable bonds is 2. The lowest BCUT2D eigenvalue weighted by Gasteiger charge is -2.34. The molecular formula is C17H21N5O. The Bertz CT molecular complexity index is 819. The van der Waals surface area contributed by atoms with E-state index in [9.17, 15) is 4.79 Å². The molecule has 0 aliphatic carbocycles. The van der Waals surface area contributed by atoms with Gasteiger partial charge in [-0.2, -0.15) is 0 Å². The summed E-state index contributed by atoms with van der Waals surface area (Å²) in [4.78, 5) is 12.9. The van der Waals surface area contributed by atoms with Gasteiger partial charge in [-0.05, 0) is 18.1 Å².